The molecular weight excluding hydrogens is 569 g/mol. The molecule has 0 bridgehead atoms. The number of anilines is 1. The van der Waals surface area contributed by atoms with Crippen LogP contribution in [0.25, 0.3) is 0 Å². The lowest BCUT2D eigenvalue weighted by molar-refractivity contribution is -0.140. The largest absolute Gasteiger partial charge is 0.350 e. The van der Waals surface area contributed by atoms with Crippen molar-refractivity contribution in [2.45, 2.75) is 52.2 Å². The Labute approximate surface area is 247 Å². The van der Waals surface area contributed by atoms with Crippen LogP contribution >= 0.6 is 23.2 Å². The van der Waals surface area contributed by atoms with E-state index < -0.39 is 34.1 Å². The summed E-state index contributed by atoms with van der Waals surface area (Å²) in [6, 6.07) is 20.2. The number of amides is 2. The molecule has 0 aliphatic heterocycles. The van der Waals surface area contributed by atoms with Crippen molar-refractivity contribution in [3.8, 4) is 0 Å². The molecule has 0 aliphatic rings. The van der Waals surface area contributed by atoms with Crippen molar-refractivity contribution in [1.82, 2.24) is 10.2 Å². The molecule has 0 saturated carbocycles. The lowest BCUT2D eigenvalue weighted by atomic mass is 10.0. The molecule has 0 aromatic heterocycles. The van der Waals surface area contributed by atoms with Gasteiger partial charge in [0.2, 0.25) is 21.8 Å². The number of halogens is 2. The van der Waals surface area contributed by atoms with Crippen molar-refractivity contribution in [2.75, 3.05) is 17.1 Å². The minimum Gasteiger partial charge on any atom is -0.350 e. The van der Waals surface area contributed by atoms with E-state index in [1.165, 1.54) is 4.90 Å². The summed E-state index contributed by atoms with van der Waals surface area (Å²) in [6.07, 6.45) is 1.27. The molecule has 40 heavy (non-hydrogen) atoms. The molecule has 0 unspecified atom stereocenters. The van der Waals surface area contributed by atoms with E-state index in [0.29, 0.717) is 26.9 Å². The number of benzene rings is 3. The van der Waals surface area contributed by atoms with Crippen molar-refractivity contribution in [3.63, 3.8) is 0 Å². The Morgan fingerprint density at radius 3 is 2.15 bits per heavy atom. The monoisotopic (exact) mass is 603 g/mol. The van der Waals surface area contributed by atoms with Crippen molar-refractivity contribution in [2.24, 2.45) is 0 Å². The van der Waals surface area contributed by atoms with Gasteiger partial charge in [0.25, 0.3) is 0 Å². The minimum absolute atomic E-state index is 0.0325. The molecule has 3 rings (SSSR count). The summed E-state index contributed by atoms with van der Waals surface area (Å²) >= 11 is 12.6. The number of para-hydroxylation sites is 1. The number of carbonyl (C=O) groups excluding carboxylic acids is 2. The van der Waals surface area contributed by atoms with Crippen LogP contribution in [0, 0.1) is 6.92 Å². The Kier molecular flexibility index (Phi) is 10.3. The lowest BCUT2D eigenvalue weighted by Crippen LogP contribution is -2.56. The normalized spacial score (nSPS) is 12.5. The zero-order chi connectivity index (χ0) is 29.7. The molecule has 2 amide bonds. The third-order valence-corrected chi connectivity index (χ3v) is 7.90. The van der Waals surface area contributed by atoms with E-state index in [2.05, 4.69) is 5.32 Å². The second-order valence-corrected chi connectivity index (χ2v) is 13.5. The number of aryl methyl sites for hydroxylation is 1. The van der Waals surface area contributed by atoms with Crippen LogP contribution in [0.5, 0.6) is 0 Å². The number of hydrogen-bond donors (Lipinski definition) is 1. The average molecular weight is 605 g/mol. The lowest BCUT2D eigenvalue weighted by Gasteiger charge is -2.35. The Bertz CT molecular complexity index is 1460. The van der Waals surface area contributed by atoms with Crippen LogP contribution in [0.15, 0.2) is 72.8 Å². The van der Waals surface area contributed by atoms with Crippen molar-refractivity contribution in [3.05, 3.63) is 99.5 Å². The third kappa shape index (κ3) is 8.71. The fourth-order valence-electron chi connectivity index (χ4n) is 4.28. The van der Waals surface area contributed by atoms with Crippen LogP contribution in [0.3, 0.4) is 0 Å². The maximum atomic E-state index is 14.1. The van der Waals surface area contributed by atoms with Crippen molar-refractivity contribution >= 4 is 50.7 Å². The third-order valence-electron chi connectivity index (χ3n) is 6.19. The Morgan fingerprint density at radius 2 is 1.57 bits per heavy atom. The summed E-state index contributed by atoms with van der Waals surface area (Å²) in [5, 5.41) is 3.75. The van der Waals surface area contributed by atoms with Crippen LogP contribution in [0.1, 0.15) is 37.5 Å². The van der Waals surface area contributed by atoms with E-state index >= 15 is 0 Å². The van der Waals surface area contributed by atoms with Gasteiger partial charge in [0.1, 0.15) is 12.6 Å². The van der Waals surface area contributed by atoms with E-state index in [1.54, 1.807) is 49.4 Å². The Hall–Kier alpha value is -3.07. The first kappa shape index (κ1) is 31.5. The van der Waals surface area contributed by atoms with Gasteiger partial charge >= 0.3 is 0 Å². The average Bonchev–Trinajstić information content (AvgIpc) is 2.85. The highest BCUT2D eigenvalue weighted by Gasteiger charge is 2.34. The number of hydrogen-bond acceptors (Lipinski definition) is 4. The summed E-state index contributed by atoms with van der Waals surface area (Å²) < 4.78 is 26.9. The molecule has 0 aliphatic carbocycles. The zero-order valence-corrected chi connectivity index (χ0v) is 25.6. The molecule has 214 valence electrons. The molecular formula is C30H35Cl2N3O4S. The van der Waals surface area contributed by atoms with Crippen LogP contribution < -0.4 is 9.62 Å². The Morgan fingerprint density at radius 1 is 0.950 bits per heavy atom. The van der Waals surface area contributed by atoms with Gasteiger partial charge in [-0.3, -0.25) is 13.9 Å². The Balaban J connectivity index is 2.11. The summed E-state index contributed by atoms with van der Waals surface area (Å²) in [4.78, 5) is 29.3. The first-order valence-corrected chi connectivity index (χ1v) is 15.4. The molecule has 0 spiro atoms. The van der Waals surface area contributed by atoms with E-state index in [4.69, 9.17) is 23.2 Å². The van der Waals surface area contributed by atoms with Gasteiger partial charge in [0, 0.05) is 28.5 Å². The highest BCUT2D eigenvalue weighted by atomic mass is 35.5. The van der Waals surface area contributed by atoms with Gasteiger partial charge in [0.15, 0.2) is 0 Å². The summed E-state index contributed by atoms with van der Waals surface area (Å²) in [6.45, 7) is 6.82. The molecule has 3 aromatic rings. The van der Waals surface area contributed by atoms with Gasteiger partial charge in [-0.2, -0.15) is 0 Å². The minimum atomic E-state index is -3.85. The smallest absolute Gasteiger partial charge is 0.244 e. The maximum Gasteiger partial charge on any atom is 0.244 e. The first-order valence-electron chi connectivity index (χ1n) is 12.8. The second-order valence-electron chi connectivity index (χ2n) is 10.8. The molecule has 0 radical (unpaired) electrons. The van der Waals surface area contributed by atoms with Crippen LogP contribution in [0.2, 0.25) is 10.0 Å². The number of rotatable bonds is 10. The molecule has 1 N–H and O–H groups in total. The van der Waals surface area contributed by atoms with Gasteiger partial charge in [-0.1, -0.05) is 77.8 Å². The molecule has 0 heterocycles. The molecule has 3 aromatic carbocycles. The molecule has 1 atom stereocenters. The van der Waals surface area contributed by atoms with Gasteiger partial charge in [-0.05, 0) is 62.6 Å². The number of sulfonamides is 1. The topological polar surface area (TPSA) is 86.8 Å². The SMILES string of the molecule is Cc1ccccc1N(CC(=O)N(Cc1ccc(Cl)cc1Cl)[C@@H](Cc1ccccc1)C(=O)NC(C)(C)C)S(C)(=O)=O. The molecule has 10 heteroatoms. The fourth-order valence-corrected chi connectivity index (χ4v) is 5.65. The second kappa shape index (κ2) is 13.1. The molecule has 0 saturated heterocycles. The van der Waals surface area contributed by atoms with E-state index in [-0.39, 0.29) is 18.9 Å². The standard InChI is InChI=1S/C30H35Cl2N3O4S/c1-21-11-9-10-14-26(21)35(40(5,38)39)20-28(36)34(19-23-15-16-24(31)18-25(23)32)27(29(37)33-30(2,3)4)17-22-12-7-6-8-13-22/h6-16,18,27H,17,19-20H2,1-5H3,(H,33,37)/t27-/m0/s1. The predicted molar refractivity (Wildman–Crippen MR) is 162 cm³/mol. The maximum absolute atomic E-state index is 14.1. The molecule has 0 fully saturated rings. The zero-order valence-electron chi connectivity index (χ0n) is 23.3. The van der Waals surface area contributed by atoms with Crippen molar-refractivity contribution < 1.29 is 18.0 Å². The van der Waals surface area contributed by atoms with Gasteiger partial charge in [-0.25, -0.2) is 8.42 Å². The first-order chi connectivity index (χ1) is 18.7. The predicted octanol–water partition coefficient (Wildman–Crippen LogP) is 5.62. The number of nitrogens with one attached hydrogen (secondary N) is 1. The quantitative estimate of drug-likeness (QED) is 0.326. The highest BCUT2D eigenvalue weighted by Crippen LogP contribution is 2.26. The van der Waals surface area contributed by atoms with Crippen LogP contribution in [-0.4, -0.2) is 49.5 Å². The number of carbonyl (C=O) groups is 2. The number of nitrogens with zero attached hydrogens (tertiary/aromatic N) is 2. The summed E-state index contributed by atoms with van der Waals surface area (Å²) in [7, 11) is -3.85. The van der Waals surface area contributed by atoms with Crippen molar-refractivity contribution in [1.29, 1.82) is 0 Å². The van der Waals surface area contributed by atoms with E-state index in [9.17, 15) is 18.0 Å². The van der Waals surface area contributed by atoms with Crippen LogP contribution in [-0.2, 0) is 32.6 Å². The van der Waals surface area contributed by atoms with Gasteiger partial charge in [-0.15, -0.1) is 0 Å². The highest BCUT2D eigenvalue weighted by molar-refractivity contribution is 7.92. The fraction of sp³-hybridized carbons (Fsp3) is 0.333. The summed E-state index contributed by atoms with van der Waals surface area (Å²) in [5.74, 6) is -0.915. The van der Waals surface area contributed by atoms with Crippen LogP contribution in [0.4, 0.5) is 5.69 Å². The van der Waals surface area contributed by atoms with Gasteiger partial charge in [0.05, 0.1) is 11.9 Å². The van der Waals surface area contributed by atoms with E-state index in [1.807, 2.05) is 51.1 Å². The molecule has 7 nitrogen and oxygen atoms in total. The van der Waals surface area contributed by atoms with E-state index in [0.717, 1.165) is 16.1 Å². The summed E-state index contributed by atoms with van der Waals surface area (Å²) in [5.41, 5.74) is 1.93. The van der Waals surface area contributed by atoms with Gasteiger partial charge < -0.3 is 10.2 Å².